The van der Waals surface area contributed by atoms with E-state index in [1.165, 1.54) is 12.1 Å². The summed E-state index contributed by atoms with van der Waals surface area (Å²) in [7, 11) is 1.71. The van der Waals surface area contributed by atoms with Crippen LogP contribution < -0.4 is 15.4 Å². The molecule has 8 heteroatoms. The minimum absolute atomic E-state index is 0. The molecule has 1 aromatic heterocycles. The van der Waals surface area contributed by atoms with Crippen molar-refractivity contribution in [3.05, 3.63) is 54.0 Å². The molecule has 0 bridgehead atoms. The van der Waals surface area contributed by atoms with E-state index in [1.54, 1.807) is 31.4 Å². The van der Waals surface area contributed by atoms with Crippen LogP contribution in [0.15, 0.2) is 47.6 Å². The number of halogens is 2. The maximum absolute atomic E-state index is 13.1. The van der Waals surface area contributed by atoms with Gasteiger partial charge in [-0.1, -0.05) is 12.1 Å². The SMILES string of the molecule is CCOCCNC(=NC)NCc1ccc(Oc2cccc(F)c2)nc1.I. The summed E-state index contributed by atoms with van der Waals surface area (Å²) in [4.78, 5) is 8.37. The second-order valence-corrected chi connectivity index (χ2v) is 5.11. The van der Waals surface area contributed by atoms with Gasteiger partial charge in [0.15, 0.2) is 5.96 Å². The van der Waals surface area contributed by atoms with Gasteiger partial charge in [-0.2, -0.15) is 0 Å². The summed E-state index contributed by atoms with van der Waals surface area (Å²) in [5.41, 5.74) is 0.972. The van der Waals surface area contributed by atoms with Crippen LogP contribution in [0.1, 0.15) is 12.5 Å². The number of hydrogen-bond donors (Lipinski definition) is 2. The molecule has 0 aliphatic carbocycles. The van der Waals surface area contributed by atoms with E-state index >= 15 is 0 Å². The van der Waals surface area contributed by atoms with Gasteiger partial charge in [-0.25, -0.2) is 9.37 Å². The third-order valence-electron chi connectivity index (χ3n) is 3.24. The highest BCUT2D eigenvalue weighted by molar-refractivity contribution is 14.0. The first kappa shape index (κ1) is 22.1. The van der Waals surface area contributed by atoms with Crippen LogP contribution in [0, 0.1) is 5.82 Å². The van der Waals surface area contributed by atoms with Crippen molar-refractivity contribution in [2.24, 2.45) is 4.99 Å². The average molecular weight is 474 g/mol. The smallest absolute Gasteiger partial charge is 0.219 e. The van der Waals surface area contributed by atoms with Crippen molar-refractivity contribution in [1.82, 2.24) is 15.6 Å². The molecule has 1 aromatic carbocycles. The monoisotopic (exact) mass is 474 g/mol. The van der Waals surface area contributed by atoms with Crippen molar-refractivity contribution in [2.75, 3.05) is 26.8 Å². The Morgan fingerprint density at radius 1 is 1.23 bits per heavy atom. The van der Waals surface area contributed by atoms with Crippen molar-refractivity contribution in [2.45, 2.75) is 13.5 Å². The number of guanidine groups is 1. The van der Waals surface area contributed by atoms with Gasteiger partial charge >= 0.3 is 0 Å². The zero-order valence-corrected chi connectivity index (χ0v) is 17.2. The summed E-state index contributed by atoms with van der Waals surface area (Å²) in [6.45, 7) is 4.55. The molecule has 142 valence electrons. The van der Waals surface area contributed by atoms with Gasteiger partial charge in [0, 0.05) is 45.1 Å². The van der Waals surface area contributed by atoms with Gasteiger partial charge in [-0.15, -0.1) is 24.0 Å². The largest absolute Gasteiger partial charge is 0.439 e. The van der Waals surface area contributed by atoms with E-state index in [0.717, 1.165) is 5.56 Å². The Morgan fingerprint density at radius 2 is 2.08 bits per heavy atom. The molecule has 0 amide bonds. The van der Waals surface area contributed by atoms with Crippen molar-refractivity contribution >= 4 is 29.9 Å². The second-order valence-electron chi connectivity index (χ2n) is 5.11. The Labute approximate surface area is 170 Å². The first-order chi connectivity index (χ1) is 12.2. The summed E-state index contributed by atoms with van der Waals surface area (Å²) in [6.07, 6.45) is 1.70. The molecule has 0 saturated carbocycles. The number of aromatic nitrogens is 1. The maximum Gasteiger partial charge on any atom is 0.219 e. The fourth-order valence-corrected chi connectivity index (χ4v) is 2.02. The highest BCUT2D eigenvalue weighted by atomic mass is 127. The van der Waals surface area contributed by atoms with Crippen molar-refractivity contribution in [3.8, 4) is 11.6 Å². The Balaban J connectivity index is 0.00000338. The van der Waals surface area contributed by atoms with E-state index in [-0.39, 0.29) is 29.8 Å². The minimum Gasteiger partial charge on any atom is -0.439 e. The van der Waals surface area contributed by atoms with Gasteiger partial charge in [0.2, 0.25) is 5.88 Å². The van der Waals surface area contributed by atoms with E-state index in [1.807, 2.05) is 13.0 Å². The predicted molar refractivity (Wildman–Crippen MR) is 111 cm³/mol. The molecular formula is C18H24FIN4O2. The van der Waals surface area contributed by atoms with Gasteiger partial charge in [0.25, 0.3) is 0 Å². The molecule has 0 spiro atoms. The van der Waals surface area contributed by atoms with Gasteiger partial charge in [0.1, 0.15) is 11.6 Å². The summed E-state index contributed by atoms with van der Waals surface area (Å²) < 4.78 is 23.9. The molecule has 6 nitrogen and oxygen atoms in total. The van der Waals surface area contributed by atoms with Crippen LogP contribution in [0.5, 0.6) is 11.6 Å². The Bertz CT molecular complexity index is 683. The zero-order valence-electron chi connectivity index (χ0n) is 14.9. The molecule has 1 heterocycles. The highest BCUT2D eigenvalue weighted by Gasteiger charge is 2.02. The zero-order chi connectivity index (χ0) is 17.9. The Morgan fingerprint density at radius 3 is 2.73 bits per heavy atom. The lowest BCUT2D eigenvalue weighted by Crippen LogP contribution is -2.38. The lowest BCUT2D eigenvalue weighted by molar-refractivity contribution is 0.152. The fourth-order valence-electron chi connectivity index (χ4n) is 2.02. The normalized spacial score (nSPS) is 10.8. The minimum atomic E-state index is -0.346. The molecule has 2 N–H and O–H groups in total. The number of nitrogens with one attached hydrogen (secondary N) is 2. The van der Waals surface area contributed by atoms with Crippen LogP contribution in [-0.2, 0) is 11.3 Å². The lowest BCUT2D eigenvalue weighted by Gasteiger charge is -2.12. The summed E-state index contributed by atoms with van der Waals surface area (Å²) in [5, 5.41) is 6.35. The lowest BCUT2D eigenvalue weighted by atomic mass is 10.3. The van der Waals surface area contributed by atoms with Crippen LogP contribution in [0.2, 0.25) is 0 Å². The van der Waals surface area contributed by atoms with E-state index in [4.69, 9.17) is 9.47 Å². The first-order valence-corrected chi connectivity index (χ1v) is 8.12. The number of aliphatic imine (C=N–C) groups is 1. The van der Waals surface area contributed by atoms with E-state index in [0.29, 0.717) is 43.9 Å². The van der Waals surface area contributed by atoms with Gasteiger partial charge in [-0.3, -0.25) is 4.99 Å². The number of hydrogen-bond acceptors (Lipinski definition) is 4. The average Bonchev–Trinajstić information content (AvgIpc) is 2.62. The number of ether oxygens (including phenoxy) is 2. The Hall–Kier alpha value is -1.94. The number of benzene rings is 1. The molecule has 26 heavy (non-hydrogen) atoms. The van der Waals surface area contributed by atoms with Gasteiger partial charge in [0.05, 0.1) is 6.61 Å². The second kappa shape index (κ2) is 12.4. The number of nitrogens with zero attached hydrogens (tertiary/aromatic N) is 2. The predicted octanol–water partition coefficient (Wildman–Crippen LogP) is 3.33. The molecule has 2 aromatic rings. The quantitative estimate of drug-likeness (QED) is 0.266. The van der Waals surface area contributed by atoms with Gasteiger partial charge < -0.3 is 20.1 Å². The van der Waals surface area contributed by atoms with Crippen LogP contribution in [0.25, 0.3) is 0 Å². The van der Waals surface area contributed by atoms with Crippen molar-refractivity contribution < 1.29 is 13.9 Å². The topological polar surface area (TPSA) is 67.8 Å². The van der Waals surface area contributed by atoms with Crippen LogP contribution in [0.3, 0.4) is 0 Å². The molecule has 0 fully saturated rings. The van der Waals surface area contributed by atoms with E-state index in [2.05, 4.69) is 20.6 Å². The number of rotatable bonds is 8. The molecule has 0 aliphatic heterocycles. The van der Waals surface area contributed by atoms with E-state index < -0.39 is 0 Å². The Kier molecular flexibility index (Phi) is 10.6. The molecular weight excluding hydrogens is 450 g/mol. The third kappa shape index (κ3) is 7.96. The molecule has 0 saturated heterocycles. The maximum atomic E-state index is 13.1. The fraction of sp³-hybridized carbons (Fsp3) is 0.333. The molecule has 0 radical (unpaired) electrons. The van der Waals surface area contributed by atoms with Crippen LogP contribution in [-0.4, -0.2) is 37.7 Å². The molecule has 0 atom stereocenters. The van der Waals surface area contributed by atoms with Crippen molar-refractivity contribution in [3.63, 3.8) is 0 Å². The van der Waals surface area contributed by atoms with Crippen LogP contribution in [0.4, 0.5) is 4.39 Å². The standard InChI is InChI=1S/C18H23FN4O2.HI/c1-3-24-10-9-21-18(20-2)23-13-14-7-8-17(22-12-14)25-16-6-4-5-15(19)11-16;/h4-8,11-12H,3,9-10,13H2,1-2H3,(H2,20,21,23);1H. The summed E-state index contributed by atoms with van der Waals surface area (Å²) in [5.74, 6) is 1.17. The van der Waals surface area contributed by atoms with E-state index in [9.17, 15) is 4.39 Å². The van der Waals surface area contributed by atoms with Crippen molar-refractivity contribution in [1.29, 1.82) is 0 Å². The van der Waals surface area contributed by atoms with Gasteiger partial charge in [-0.05, 0) is 24.6 Å². The third-order valence-corrected chi connectivity index (χ3v) is 3.24. The summed E-state index contributed by atoms with van der Waals surface area (Å²) >= 11 is 0. The molecule has 0 aliphatic rings. The molecule has 0 unspecified atom stereocenters. The summed E-state index contributed by atoms with van der Waals surface area (Å²) in [6, 6.07) is 9.58. The number of pyridine rings is 1. The first-order valence-electron chi connectivity index (χ1n) is 8.12. The van der Waals surface area contributed by atoms with Crippen LogP contribution >= 0.6 is 24.0 Å². The molecule has 2 rings (SSSR count). The highest BCUT2D eigenvalue weighted by Crippen LogP contribution is 2.19.